The van der Waals surface area contributed by atoms with E-state index in [4.69, 9.17) is 9.84 Å². The summed E-state index contributed by atoms with van der Waals surface area (Å²) in [4.78, 5) is 22.7. The number of carbonyl (C=O) groups is 2. The minimum atomic E-state index is -0.699. The van der Waals surface area contributed by atoms with Crippen LogP contribution in [0, 0.1) is 28.6 Å². The van der Waals surface area contributed by atoms with Crippen molar-refractivity contribution < 1.29 is 19.4 Å². The van der Waals surface area contributed by atoms with Gasteiger partial charge in [-0.15, -0.1) is 0 Å². The first-order chi connectivity index (χ1) is 12.6. The van der Waals surface area contributed by atoms with Crippen LogP contribution in [0.15, 0.2) is 11.6 Å². The first-order valence-corrected chi connectivity index (χ1v) is 10.7. The molecule has 2 rings (SSSR count). The lowest BCUT2D eigenvalue weighted by atomic mass is 9.46. The van der Waals surface area contributed by atoms with E-state index in [1.165, 1.54) is 18.4 Å². The highest BCUT2D eigenvalue weighted by Gasteiger charge is 2.53. The molecule has 0 spiro atoms. The van der Waals surface area contributed by atoms with Crippen molar-refractivity contribution in [2.24, 2.45) is 28.6 Å². The first kappa shape index (κ1) is 22.0. The highest BCUT2D eigenvalue weighted by molar-refractivity contribution is 5.69. The van der Waals surface area contributed by atoms with E-state index in [-0.39, 0.29) is 29.1 Å². The molecule has 0 aromatic heterocycles. The number of carboxylic acid groups (broad SMARTS) is 1. The Hall–Kier alpha value is -1.32. The zero-order valence-corrected chi connectivity index (χ0v) is 17.8. The fourth-order valence-corrected chi connectivity index (χ4v) is 5.64. The Morgan fingerprint density at radius 1 is 1.33 bits per heavy atom. The monoisotopic (exact) mass is 378 g/mol. The Balaban J connectivity index is 2.16. The Labute approximate surface area is 164 Å². The zero-order chi connectivity index (χ0) is 20.2. The van der Waals surface area contributed by atoms with Gasteiger partial charge in [-0.25, -0.2) is 0 Å². The molecule has 27 heavy (non-hydrogen) atoms. The SMILES string of the molecule is CCC(=O)OCC1=CCC[C@@H]2[C@](C)(CC[C@@H](C)CC(=O)O)[C@@H](C)CC[C@]12C. The molecule has 0 aromatic carbocycles. The fraction of sp³-hybridized carbons (Fsp3) is 0.826. The molecule has 0 bridgehead atoms. The lowest BCUT2D eigenvalue weighted by Gasteiger charge is -2.58. The van der Waals surface area contributed by atoms with Gasteiger partial charge in [-0.05, 0) is 72.7 Å². The molecule has 1 saturated carbocycles. The molecule has 4 nitrogen and oxygen atoms in total. The van der Waals surface area contributed by atoms with E-state index < -0.39 is 5.97 Å². The molecule has 2 aliphatic rings. The van der Waals surface area contributed by atoms with Crippen molar-refractivity contribution in [1.29, 1.82) is 0 Å². The predicted octanol–water partition coefficient (Wildman–Crippen LogP) is 5.61. The van der Waals surface area contributed by atoms with E-state index in [2.05, 4.69) is 33.8 Å². The second kappa shape index (κ2) is 8.79. The van der Waals surface area contributed by atoms with Crippen LogP contribution in [0.3, 0.4) is 0 Å². The molecule has 4 heteroatoms. The van der Waals surface area contributed by atoms with Crippen LogP contribution in [0.1, 0.15) is 86.0 Å². The largest absolute Gasteiger partial charge is 0.481 e. The van der Waals surface area contributed by atoms with Gasteiger partial charge < -0.3 is 9.84 Å². The molecule has 0 aromatic rings. The lowest BCUT2D eigenvalue weighted by Crippen LogP contribution is -2.50. The minimum absolute atomic E-state index is 0.0869. The summed E-state index contributed by atoms with van der Waals surface area (Å²) in [5.74, 6) is 0.575. The maximum Gasteiger partial charge on any atom is 0.305 e. The summed E-state index contributed by atoms with van der Waals surface area (Å²) < 4.78 is 5.51. The number of carboxylic acids is 1. The van der Waals surface area contributed by atoms with Gasteiger partial charge in [0.1, 0.15) is 6.61 Å². The van der Waals surface area contributed by atoms with E-state index in [1.54, 1.807) is 0 Å². The summed E-state index contributed by atoms with van der Waals surface area (Å²) in [5, 5.41) is 9.08. The number of allylic oxidation sites excluding steroid dienone is 1. The van der Waals surface area contributed by atoms with Crippen molar-refractivity contribution >= 4 is 11.9 Å². The molecule has 1 N–H and O–H groups in total. The summed E-state index contributed by atoms with van der Waals surface area (Å²) in [5.41, 5.74) is 1.59. The molecule has 0 unspecified atom stereocenters. The van der Waals surface area contributed by atoms with Gasteiger partial charge in [0.2, 0.25) is 0 Å². The average Bonchev–Trinajstić information content (AvgIpc) is 2.61. The topological polar surface area (TPSA) is 63.6 Å². The van der Waals surface area contributed by atoms with Crippen LogP contribution in [0.25, 0.3) is 0 Å². The highest BCUT2D eigenvalue weighted by Crippen LogP contribution is 2.62. The van der Waals surface area contributed by atoms with Crippen LogP contribution < -0.4 is 0 Å². The van der Waals surface area contributed by atoms with Gasteiger partial charge in [0.15, 0.2) is 0 Å². The third kappa shape index (κ3) is 4.75. The molecular weight excluding hydrogens is 340 g/mol. The number of fused-ring (bicyclic) bond motifs is 1. The summed E-state index contributed by atoms with van der Waals surface area (Å²) in [7, 11) is 0. The standard InChI is InChI=1S/C23H38O4/c1-6-21(26)27-15-18-8-7-9-19-22(4,12-10-16(2)14-20(24)25)17(3)11-13-23(18,19)5/h8,16-17,19H,6-7,9-15H2,1-5H3,(H,24,25)/t16-,17+,19-,22-,23-/m1/s1. The molecule has 0 radical (unpaired) electrons. The number of rotatable bonds is 8. The van der Waals surface area contributed by atoms with E-state index in [0.29, 0.717) is 24.9 Å². The van der Waals surface area contributed by atoms with Crippen LogP contribution in [-0.2, 0) is 14.3 Å². The van der Waals surface area contributed by atoms with Crippen LogP contribution in [-0.4, -0.2) is 23.7 Å². The quantitative estimate of drug-likeness (QED) is 0.440. The molecular formula is C23H38O4. The first-order valence-electron chi connectivity index (χ1n) is 10.7. The molecule has 0 saturated heterocycles. The van der Waals surface area contributed by atoms with Gasteiger partial charge in [-0.3, -0.25) is 9.59 Å². The third-order valence-electron chi connectivity index (χ3n) is 7.74. The van der Waals surface area contributed by atoms with Crippen molar-refractivity contribution in [2.75, 3.05) is 6.61 Å². The van der Waals surface area contributed by atoms with Crippen LogP contribution in [0.5, 0.6) is 0 Å². The number of carbonyl (C=O) groups excluding carboxylic acids is 1. The molecule has 154 valence electrons. The summed E-state index contributed by atoms with van der Waals surface area (Å²) in [6.07, 6.45) is 9.57. The van der Waals surface area contributed by atoms with Gasteiger partial charge in [0, 0.05) is 12.8 Å². The number of esters is 1. The Kier molecular flexibility index (Phi) is 7.15. The lowest BCUT2D eigenvalue weighted by molar-refractivity contribution is -0.143. The normalized spacial score (nSPS) is 34.3. The number of hydrogen-bond acceptors (Lipinski definition) is 3. The maximum absolute atomic E-state index is 11.7. The second-order valence-electron chi connectivity index (χ2n) is 9.48. The van der Waals surface area contributed by atoms with Crippen molar-refractivity contribution in [3.05, 3.63) is 11.6 Å². The Bertz CT molecular complexity index is 581. The molecule has 0 heterocycles. The molecule has 0 aliphatic heterocycles. The third-order valence-corrected chi connectivity index (χ3v) is 7.74. The van der Waals surface area contributed by atoms with Crippen LogP contribution in [0.2, 0.25) is 0 Å². The molecule has 5 atom stereocenters. The van der Waals surface area contributed by atoms with E-state index in [9.17, 15) is 9.59 Å². The fourth-order valence-electron chi connectivity index (χ4n) is 5.64. The van der Waals surface area contributed by atoms with Gasteiger partial charge in [-0.1, -0.05) is 40.7 Å². The Morgan fingerprint density at radius 2 is 2.04 bits per heavy atom. The molecule has 0 amide bonds. The Morgan fingerprint density at radius 3 is 2.67 bits per heavy atom. The van der Waals surface area contributed by atoms with Crippen molar-refractivity contribution in [2.45, 2.75) is 86.0 Å². The molecule has 1 fully saturated rings. The number of ether oxygens (including phenoxy) is 1. The number of hydrogen-bond donors (Lipinski definition) is 1. The van der Waals surface area contributed by atoms with E-state index >= 15 is 0 Å². The van der Waals surface area contributed by atoms with Crippen molar-refractivity contribution in [3.8, 4) is 0 Å². The molecule has 2 aliphatic carbocycles. The zero-order valence-electron chi connectivity index (χ0n) is 17.8. The number of aliphatic carboxylic acids is 1. The summed E-state index contributed by atoms with van der Waals surface area (Å²) >= 11 is 0. The van der Waals surface area contributed by atoms with Crippen LogP contribution in [0.4, 0.5) is 0 Å². The summed E-state index contributed by atoms with van der Waals surface area (Å²) in [6, 6.07) is 0. The predicted molar refractivity (Wildman–Crippen MR) is 107 cm³/mol. The average molecular weight is 379 g/mol. The van der Waals surface area contributed by atoms with Crippen molar-refractivity contribution in [1.82, 2.24) is 0 Å². The maximum atomic E-state index is 11.7. The minimum Gasteiger partial charge on any atom is -0.481 e. The summed E-state index contributed by atoms with van der Waals surface area (Å²) in [6.45, 7) is 11.5. The van der Waals surface area contributed by atoms with Gasteiger partial charge >= 0.3 is 11.9 Å². The van der Waals surface area contributed by atoms with Gasteiger partial charge in [0.05, 0.1) is 0 Å². The smallest absolute Gasteiger partial charge is 0.305 e. The van der Waals surface area contributed by atoms with Gasteiger partial charge in [0.25, 0.3) is 0 Å². The van der Waals surface area contributed by atoms with Gasteiger partial charge in [-0.2, -0.15) is 0 Å². The van der Waals surface area contributed by atoms with E-state index in [0.717, 1.165) is 25.7 Å². The second-order valence-corrected chi connectivity index (χ2v) is 9.48. The van der Waals surface area contributed by atoms with E-state index in [1.807, 2.05) is 6.92 Å². The van der Waals surface area contributed by atoms with Crippen LogP contribution >= 0.6 is 0 Å². The highest BCUT2D eigenvalue weighted by atomic mass is 16.5. The van der Waals surface area contributed by atoms with Crippen molar-refractivity contribution in [3.63, 3.8) is 0 Å².